The average Bonchev–Trinajstić information content (AvgIpc) is 2.92. The molecule has 21 heavy (non-hydrogen) atoms. The van der Waals surface area contributed by atoms with Crippen LogP contribution in [0, 0.1) is 11.3 Å². The number of halogens is 3. The summed E-state index contributed by atoms with van der Waals surface area (Å²) in [5.41, 5.74) is 0.0817. The van der Waals surface area contributed by atoms with Crippen LogP contribution >= 0.6 is 0 Å². The molecule has 0 aliphatic heterocycles. The summed E-state index contributed by atoms with van der Waals surface area (Å²) in [7, 11) is 0. The van der Waals surface area contributed by atoms with Crippen molar-refractivity contribution in [3.05, 3.63) is 59.0 Å². The Kier molecular flexibility index (Phi) is 4.34. The third-order valence-electron chi connectivity index (χ3n) is 3.09. The van der Waals surface area contributed by atoms with E-state index in [1.54, 1.807) is 12.1 Å². The Morgan fingerprint density at radius 3 is 2.38 bits per heavy atom. The molecular weight excluding hydrogens is 281 g/mol. The predicted octanol–water partition coefficient (Wildman–Crippen LogP) is 4.02. The molecule has 0 fully saturated rings. The van der Waals surface area contributed by atoms with Gasteiger partial charge in [0.1, 0.15) is 11.8 Å². The minimum absolute atomic E-state index is 0.136. The van der Waals surface area contributed by atoms with E-state index in [2.05, 4.69) is 5.32 Å². The summed E-state index contributed by atoms with van der Waals surface area (Å²) >= 11 is 0. The minimum Gasteiger partial charge on any atom is -0.449 e. The molecule has 1 aromatic carbocycles. The number of nitrogens with zero attached hydrogens (tertiary/aromatic N) is 1. The highest BCUT2D eigenvalue weighted by molar-refractivity contribution is 5.26. The van der Waals surface area contributed by atoms with Gasteiger partial charge < -0.3 is 9.73 Å². The first kappa shape index (κ1) is 15.1. The maximum Gasteiger partial charge on any atom is 0.416 e. The lowest BCUT2D eigenvalue weighted by Gasteiger charge is -2.14. The zero-order valence-corrected chi connectivity index (χ0v) is 11.2. The second kappa shape index (κ2) is 6.02. The van der Waals surface area contributed by atoms with Crippen molar-refractivity contribution in [1.82, 2.24) is 5.32 Å². The summed E-state index contributed by atoms with van der Waals surface area (Å²) in [5.74, 6) is 0.833. The number of benzene rings is 1. The van der Waals surface area contributed by atoms with Crippen molar-refractivity contribution >= 4 is 0 Å². The molecule has 1 atom stereocenters. The van der Waals surface area contributed by atoms with Crippen molar-refractivity contribution in [2.45, 2.75) is 25.7 Å². The molecule has 0 radical (unpaired) electrons. The predicted molar refractivity (Wildman–Crippen MR) is 70.1 cm³/mol. The van der Waals surface area contributed by atoms with Crippen LogP contribution in [0.5, 0.6) is 0 Å². The fourth-order valence-corrected chi connectivity index (χ4v) is 1.87. The second-order valence-electron chi connectivity index (χ2n) is 4.60. The topological polar surface area (TPSA) is 49.0 Å². The van der Waals surface area contributed by atoms with Gasteiger partial charge in [-0.1, -0.05) is 12.1 Å². The zero-order chi connectivity index (χ0) is 15.5. The summed E-state index contributed by atoms with van der Waals surface area (Å²) in [6, 6.07) is 10.0. The van der Waals surface area contributed by atoms with Crippen LogP contribution in [-0.4, -0.2) is 0 Å². The molecule has 0 saturated carbocycles. The van der Waals surface area contributed by atoms with Crippen molar-refractivity contribution in [3.8, 4) is 6.07 Å². The molecule has 0 spiro atoms. The SMILES string of the molecule is CC(NCc1ccc(C#N)o1)c1ccc(C(F)(F)F)cc1. The quantitative estimate of drug-likeness (QED) is 0.926. The largest absolute Gasteiger partial charge is 0.449 e. The third kappa shape index (κ3) is 3.86. The van der Waals surface area contributed by atoms with Gasteiger partial charge in [-0.25, -0.2) is 0 Å². The second-order valence-corrected chi connectivity index (χ2v) is 4.60. The summed E-state index contributed by atoms with van der Waals surface area (Å²) in [5, 5.41) is 11.8. The molecule has 1 N–H and O–H groups in total. The lowest BCUT2D eigenvalue weighted by molar-refractivity contribution is -0.137. The van der Waals surface area contributed by atoms with Gasteiger partial charge in [0, 0.05) is 6.04 Å². The molecule has 0 aliphatic carbocycles. The number of nitrogens with one attached hydrogen (secondary N) is 1. The molecular formula is C15H13F3N2O. The van der Waals surface area contributed by atoms with Gasteiger partial charge in [-0.05, 0) is 36.8 Å². The third-order valence-corrected chi connectivity index (χ3v) is 3.09. The minimum atomic E-state index is -4.32. The fraction of sp³-hybridized carbons (Fsp3) is 0.267. The highest BCUT2D eigenvalue weighted by Gasteiger charge is 2.30. The highest BCUT2D eigenvalue weighted by Crippen LogP contribution is 2.29. The standard InChI is InChI=1S/C15H13F3N2O/c1-10(20-9-14-7-6-13(8-19)21-14)11-2-4-12(5-3-11)15(16,17)18/h2-7,10,20H,9H2,1H3. The van der Waals surface area contributed by atoms with Crippen molar-refractivity contribution in [2.75, 3.05) is 0 Å². The van der Waals surface area contributed by atoms with Gasteiger partial charge in [0.2, 0.25) is 5.76 Å². The molecule has 0 bridgehead atoms. The molecule has 3 nitrogen and oxygen atoms in total. The molecule has 2 rings (SSSR count). The Bertz CT molecular complexity index is 638. The zero-order valence-electron chi connectivity index (χ0n) is 11.2. The number of furan rings is 1. The Balaban J connectivity index is 1.97. The number of nitriles is 1. The maximum absolute atomic E-state index is 12.5. The normalized spacial score (nSPS) is 12.9. The van der Waals surface area contributed by atoms with E-state index in [0.29, 0.717) is 12.3 Å². The average molecular weight is 294 g/mol. The van der Waals surface area contributed by atoms with E-state index in [0.717, 1.165) is 17.7 Å². The van der Waals surface area contributed by atoms with E-state index >= 15 is 0 Å². The summed E-state index contributed by atoms with van der Waals surface area (Å²) in [6.45, 7) is 2.24. The smallest absolute Gasteiger partial charge is 0.416 e. The van der Waals surface area contributed by atoms with Gasteiger partial charge in [-0.3, -0.25) is 0 Å². The monoisotopic (exact) mass is 294 g/mol. The molecule has 6 heteroatoms. The number of rotatable bonds is 4. The van der Waals surface area contributed by atoms with Crippen LogP contribution in [0.4, 0.5) is 13.2 Å². The molecule has 1 unspecified atom stereocenters. The lowest BCUT2D eigenvalue weighted by atomic mass is 10.1. The number of alkyl halides is 3. The van der Waals surface area contributed by atoms with E-state index < -0.39 is 11.7 Å². The van der Waals surface area contributed by atoms with Crippen LogP contribution in [-0.2, 0) is 12.7 Å². The van der Waals surface area contributed by atoms with Gasteiger partial charge in [0.15, 0.2) is 0 Å². The van der Waals surface area contributed by atoms with Crippen molar-refractivity contribution in [1.29, 1.82) is 5.26 Å². The van der Waals surface area contributed by atoms with Gasteiger partial charge in [0.05, 0.1) is 12.1 Å². The summed E-state index contributed by atoms with van der Waals surface area (Å²) in [6.07, 6.45) is -4.32. The fourth-order valence-electron chi connectivity index (χ4n) is 1.87. The van der Waals surface area contributed by atoms with Crippen LogP contribution in [0.1, 0.15) is 35.6 Å². The van der Waals surface area contributed by atoms with Gasteiger partial charge >= 0.3 is 6.18 Å². The van der Waals surface area contributed by atoms with Crippen LogP contribution in [0.2, 0.25) is 0 Å². The Hall–Kier alpha value is -2.26. The van der Waals surface area contributed by atoms with E-state index in [9.17, 15) is 13.2 Å². The van der Waals surface area contributed by atoms with E-state index in [-0.39, 0.29) is 11.8 Å². The lowest BCUT2D eigenvalue weighted by Crippen LogP contribution is -2.18. The van der Waals surface area contributed by atoms with Gasteiger partial charge in [-0.2, -0.15) is 18.4 Å². The Labute approximate surface area is 120 Å². The summed E-state index contributed by atoms with van der Waals surface area (Å²) < 4.78 is 42.6. The van der Waals surface area contributed by atoms with Crippen LogP contribution in [0.3, 0.4) is 0 Å². The van der Waals surface area contributed by atoms with Gasteiger partial charge in [-0.15, -0.1) is 0 Å². The van der Waals surface area contributed by atoms with Crippen molar-refractivity contribution in [3.63, 3.8) is 0 Å². The molecule has 2 aromatic rings. The van der Waals surface area contributed by atoms with Crippen molar-refractivity contribution in [2.24, 2.45) is 0 Å². The van der Waals surface area contributed by atoms with E-state index in [1.807, 2.05) is 13.0 Å². The first-order chi connectivity index (χ1) is 9.90. The molecule has 0 amide bonds. The highest BCUT2D eigenvalue weighted by atomic mass is 19.4. The molecule has 1 aromatic heterocycles. The first-order valence-electron chi connectivity index (χ1n) is 6.29. The van der Waals surface area contributed by atoms with Crippen LogP contribution in [0.25, 0.3) is 0 Å². The van der Waals surface area contributed by atoms with Crippen LogP contribution in [0.15, 0.2) is 40.8 Å². The van der Waals surface area contributed by atoms with E-state index in [4.69, 9.17) is 9.68 Å². The Morgan fingerprint density at radius 2 is 1.86 bits per heavy atom. The number of hydrogen-bond donors (Lipinski definition) is 1. The maximum atomic E-state index is 12.5. The van der Waals surface area contributed by atoms with Crippen molar-refractivity contribution < 1.29 is 17.6 Å². The molecule has 1 heterocycles. The van der Waals surface area contributed by atoms with E-state index in [1.165, 1.54) is 12.1 Å². The van der Waals surface area contributed by atoms with Gasteiger partial charge in [0.25, 0.3) is 0 Å². The molecule has 0 aliphatic rings. The Morgan fingerprint density at radius 1 is 1.19 bits per heavy atom. The molecule has 0 saturated heterocycles. The molecule has 110 valence electrons. The first-order valence-corrected chi connectivity index (χ1v) is 6.29. The summed E-state index contributed by atoms with van der Waals surface area (Å²) in [4.78, 5) is 0. The van der Waals surface area contributed by atoms with Crippen LogP contribution < -0.4 is 5.32 Å². The number of hydrogen-bond acceptors (Lipinski definition) is 3.